The summed E-state index contributed by atoms with van der Waals surface area (Å²) in [5.74, 6) is 0.873. The summed E-state index contributed by atoms with van der Waals surface area (Å²) in [4.78, 5) is 19.3. The van der Waals surface area contributed by atoms with Crippen LogP contribution in [-0.2, 0) is 11.3 Å². The van der Waals surface area contributed by atoms with Crippen molar-refractivity contribution in [3.8, 4) is 5.75 Å². The van der Waals surface area contributed by atoms with E-state index in [2.05, 4.69) is 0 Å². The van der Waals surface area contributed by atoms with E-state index in [1.54, 1.807) is 17.0 Å². The molecule has 0 radical (unpaired) electrons. The number of aryl methyl sites for hydroxylation is 2. The quantitative estimate of drug-likeness (QED) is 0.421. The number of hydrogen-bond donors (Lipinski definition) is 1. The number of fused-ring (bicyclic) bond motifs is 1. The Labute approximate surface area is 203 Å². The SMILES string of the molecule is Cc1ccc(C)c(OC[C@H](O)Cn2c([C@H]3CC(=O)N(c4cccc(F)c4)C3)nc3ccccc32)c1. The number of amides is 1. The van der Waals surface area contributed by atoms with Gasteiger partial charge in [0.25, 0.3) is 0 Å². The van der Waals surface area contributed by atoms with Gasteiger partial charge in [0.05, 0.1) is 17.6 Å². The number of imidazole rings is 1. The lowest BCUT2D eigenvalue weighted by molar-refractivity contribution is -0.117. The third kappa shape index (κ3) is 4.77. The maximum Gasteiger partial charge on any atom is 0.227 e. The first-order chi connectivity index (χ1) is 16.9. The number of rotatable bonds is 7. The number of ether oxygens (including phenoxy) is 1. The number of aliphatic hydroxyl groups is 1. The van der Waals surface area contributed by atoms with Crippen LogP contribution in [0.2, 0.25) is 0 Å². The van der Waals surface area contributed by atoms with Crippen LogP contribution in [0.4, 0.5) is 10.1 Å². The van der Waals surface area contributed by atoms with Crippen LogP contribution in [0.25, 0.3) is 11.0 Å². The molecule has 1 saturated heterocycles. The molecule has 180 valence electrons. The molecule has 4 aromatic rings. The summed E-state index contributed by atoms with van der Waals surface area (Å²) < 4.78 is 21.7. The van der Waals surface area contributed by atoms with E-state index < -0.39 is 6.10 Å². The molecule has 2 atom stereocenters. The number of benzene rings is 3. The Morgan fingerprint density at radius 2 is 1.94 bits per heavy atom. The lowest BCUT2D eigenvalue weighted by atomic mass is 10.1. The number of hydrogen-bond acceptors (Lipinski definition) is 4. The van der Waals surface area contributed by atoms with Crippen molar-refractivity contribution in [2.75, 3.05) is 18.1 Å². The van der Waals surface area contributed by atoms with E-state index in [0.717, 1.165) is 33.7 Å². The lowest BCUT2D eigenvalue weighted by Gasteiger charge is -2.19. The number of anilines is 1. The molecule has 1 N–H and O–H groups in total. The van der Waals surface area contributed by atoms with Gasteiger partial charge < -0.3 is 19.3 Å². The summed E-state index contributed by atoms with van der Waals surface area (Å²) in [6, 6.07) is 19.8. The maximum absolute atomic E-state index is 13.8. The highest BCUT2D eigenvalue weighted by molar-refractivity contribution is 5.96. The van der Waals surface area contributed by atoms with E-state index in [4.69, 9.17) is 9.72 Å². The topological polar surface area (TPSA) is 67.6 Å². The zero-order valence-corrected chi connectivity index (χ0v) is 19.8. The molecule has 7 heteroatoms. The average Bonchev–Trinajstić information content (AvgIpc) is 3.40. The standard InChI is InChI=1S/C28H28FN3O3/c1-18-10-11-19(2)26(12-18)35-17-23(33)16-32-25-9-4-3-8-24(25)30-28(32)20-13-27(34)31(15-20)22-7-5-6-21(29)14-22/h3-12,14,20,23,33H,13,15-17H2,1-2H3/t20-,23+/m0/s1. The fourth-order valence-electron chi connectivity index (χ4n) is 4.68. The van der Waals surface area contributed by atoms with Crippen LogP contribution in [0.5, 0.6) is 5.75 Å². The number of halogens is 1. The lowest BCUT2D eigenvalue weighted by Crippen LogP contribution is -2.26. The normalized spacial score (nSPS) is 16.7. The Morgan fingerprint density at radius 3 is 2.77 bits per heavy atom. The number of nitrogens with zero attached hydrogens (tertiary/aromatic N) is 3. The molecule has 5 rings (SSSR count). The van der Waals surface area contributed by atoms with Crippen molar-refractivity contribution in [3.05, 3.63) is 89.5 Å². The number of aliphatic hydroxyl groups excluding tert-OH is 1. The molecule has 0 aliphatic carbocycles. The molecule has 1 amide bonds. The molecule has 3 aromatic carbocycles. The van der Waals surface area contributed by atoms with Gasteiger partial charge in [-0.1, -0.05) is 30.3 Å². The van der Waals surface area contributed by atoms with Gasteiger partial charge >= 0.3 is 0 Å². The Morgan fingerprint density at radius 1 is 1.11 bits per heavy atom. The third-order valence-corrected chi connectivity index (χ3v) is 6.46. The van der Waals surface area contributed by atoms with Crippen molar-refractivity contribution in [2.24, 2.45) is 0 Å². The minimum atomic E-state index is -0.775. The van der Waals surface area contributed by atoms with E-state index >= 15 is 0 Å². The first-order valence-corrected chi connectivity index (χ1v) is 11.8. The van der Waals surface area contributed by atoms with Crippen molar-refractivity contribution in [2.45, 2.75) is 38.8 Å². The predicted octanol–water partition coefficient (Wildman–Crippen LogP) is 4.75. The number of aromatic nitrogens is 2. The Hall–Kier alpha value is -3.71. The fourth-order valence-corrected chi connectivity index (χ4v) is 4.68. The van der Waals surface area contributed by atoms with Gasteiger partial charge in [0.15, 0.2) is 0 Å². The van der Waals surface area contributed by atoms with Crippen molar-refractivity contribution in [1.29, 1.82) is 0 Å². The van der Waals surface area contributed by atoms with Gasteiger partial charge in [-0.05, 0) is 61.4 Å². The minimum absolute atomic E-state index is 0.0713. The molecule has 1 fully saturated rings. The van der Waals surface area contributed by atoms with Gasteiger partial charge in [-0.3, -0.25) is 4.79 Å². The van der Waals surface area contributed by atoms with E-state index in [-0.39, 0.29) is 37.2 Å². The zero-order valence-electron chi connectivity index (χ0n) is 19.8. The van der Waals surface area contributed by atoms with Crippen molar-refractivity contribution in [3.63, 3.8) is 0 Å². The van der Waals surface area contributed by atoms with E-state index in [0.29, 0.717) is 12.2 Å². The summed E-state index contributed by atoms with van der Waals surface area (Å²) in [5, 5.41) is 10.9. The summed E-state index contributed by atoms with van der Waals surface area (Å²) in [6.07, 6.45) is -0.503. The number of carbonyl (C=O) groups excluding carboxylic acids is 1. The smallest absolute Gasteiger partial charge is 0.227 e. The van der Waals surface area contributed by atoms with Crippen LogP contribution < -0.4 is 9.64 Å². The molecule has 35 heavy (non-hydrogen) atoms. The Bertz CT molecular complexity index is 1380. The van der Waals surface area contributed by atoms with Gasteiger partial charge in [0, 0.05) is 24.6 Å². The van der Waals surface area contributed by atoms with E-state index in [9.17, 15) is 14.3 Å². The molecule has 0 unspecified atom stereocenters. The molecular weight excluding hydrogens is 445 g/mol. The van der Waals surface area contributed by atoms with Crippen molar-refractivity contribution in [1.82, 2.24) is 9.55 Å². The fraction of sp³-hybridized carbons (Fsp3) is 0.286. The van der Waals surface area contributed by atoms with Gasteiger partial charge in [-0.25, -0.2) is 9.37 Å². The summed E-state index contributed by atoms with van der Waals surface area (Å²) in [5.41, 5.74) is 4.35. The average molecular weight is 474 g/mol. The highest BCUT2D eigenvalue weighted by atomic mass is 19.1. The molecule has 1 aromatic heterocycles. The first-order valence-electron chi connectivity index (χ1n) is 11.8. The summed E-state index contributed by atoms with van der Waals surface area (Å²) >= 11 is 0. The minimum Gasteiger partial charge on any atom is -0.491 e. The monoisotopic (exact) mass is 473 g/mol. The predicted molar refractivity (Wildman–Crippen MR) is 133 cm³/mol. The van der Waals surface area contributed by atoms with Gasteiger partial charge in [-0.15, -0.1) is 0 Å². The molecule has 0 bridgehead atoms. The molecule has 2 heterocycles. The van der Waals surface area contributed by atoms with Crippen LogP contribution in [0.15, 0.2) is 66.7 Å². The second-order valence-electron chi connectivity index (χ2n) is 9.19. The van der Waals surface area contributed by atoms with Crippen molar-refractivity contribution >= 4 is 22.6 Å². The molecule has 1 aliphatic rings. The Balaban J connectivity index is 1.39. The van der Waals surface area contributed by atoms with Crippen LogP contribution in [0.1, 0.15) is 29.3 Å². The highest BCUT2D eigenvalue weighted by Crippen LogP contribution is 2.33. The Kier molecular flexibility index (Phi) is 6.26. The summed E-state index contributed by atoms with van der Waals surface area (Å²) in [6.45, 7) is 4.80. The number of para-hydroxylation sites is 2. The van der Waals surface area contributed by atoms with Gasteiger partial charge in [0.2, 0.25) is 5.91 Å². The largest absolute Gasteiger partial charge is 0.491 e. The first kappa shape index (κ1) is 23.1. The van der Waals surface area contributed by atoms with Crippen LogP contribution in [0.3, 0.4) is 0 Å². The van der Waals surface area contributed by atoms with E-state index in [1.165, 1.54) is 12.1 Å². The van der Waals surface area contributed by atoms with Gasteiger partial charge in [0.1, 0.15) is 30.1 Å². The second kappa shape index (κ2) is 9.50. The maximum atomic E-state index is 13.8. The van der Waals surface area contributed by atoms with E-state index in [1.807, 2.05) is 60.9 Å². The van der Waals surface area contributed by atoms with Crippen molar-refractivity contribution < 1.29 is 19.0 Å². The molecule has 0 spiro atoms. The van der Waals surface area contributed by atoms with Crippen LogP contribution in [-0.4, -0.2) is 39.8 Å². The molecule has 1 aliphatic heterocycles. The highest BCUT2D eigenvalue weighted by Gasteiger charge is 2.35. The third-order valence-electron chi connectivity index (χ3n) is 6.46. The number of carbonyl (C=O) groups is 1. The molecule has 0 saturated carbocycles. The summed E-state index contributed by atoms with van der Waals surface area (Å²) in [7, 11) is 0. The molecule has 6 nitrogen and oxygen atoms in total. The van der Waals surface area contributed by atoms with Gasteiger partial charge in [-0.2, -0.15) is 0 Å². The van der Waals surface area contributed by atoms with Crippen LogP contribution in [0, 0.1) is 19.7 Å². The second-order valence-corrected chi connectivity index (χ2v) is 9.19. The molecular formula is C28H28FN3O3. The van der Waals surface area contributed by atoms with Crippen LogP contribution >= 0.6 is 0 Å². The zero-order chi connectivity index (χ0) is 24.5.